The lowest BCUT2D eigenvalue weighted by molar-refractivity contribution is 0.0923. The van der Waals surface area contributed by atoms with Crippen molar-refractivity contribution in [3.05, 3.63) is 17.8 Å². The summed E-state index contributed by atoms with van der Waals surface area (Å²) in [5.41, 5.74) is 0.439. The highest BCUT2D eigenvalue weighted by Crippen LogP contribution is 2.31. The highest BCUT2D eigenvalue weighted by atomic mass is 16.3. The first-order chi connectivity index (χ1) is 8.09. The number of Topliss-reactive ketones (excluding diaryl/α,β-unsaturated/α-hetero) is 1. The molecule has 1 fully saturated rings. The highest BCUT2D eigenvalue weighted by Gasteiger charge is 2.29. The van der Waals surface area contributed by atoms with Gasteiger partial charge in [-0.15, -0.1) is 0 Å². The van der Waals surface area contributed by atoms with E-state index in [4.69, 9.17) is 4.42 Å². The summed E-state index contributed by atoms with van der Waals surface area (Å²) in [6.07, 6.45) is 4.97. The second kappa shape index (κ2) is 5.00. The molecule has 1 saturated heterocycles. The minimum atomic E-state index is -0.0353. The maximum Gasteiger partial charge on any atom is 0.212 e. The number of likely N-dealkylation sites (tertiary alicyclic amines) is 1. The summed E-state index contributed by atoms with van der Waals surface area (Å²) < 4.78 is 5.47. The predicted molar refractivity (Wildman–Crippen MR) is 64.9 cm³/mol. The van der Waals surface area contributed by atoms with Crippen molar-refractivity contribution in [2.45, 2.75) is 52.1 Å². The Kier molecular flexibility index (Phi) is 3.62. The van der Waals surface area contributed by atoms with Crippen LogP contribution in [0, 0.1) is 0 Å². The van der Waals surface area contributed by atoms with E-state index in [0.29, 0.717) is 17.6 Å². The first kappa shape index (κ1) is 12.3. The lowest BCUT2D eigenvalue weighted by Crippen LogP contribution is -2.38. The van der Waals surface area contributed by atoms with Gasteiger partial charge in [-0.25, -0.2) is 4.98 Å². The monoisotopic (exact) mass is 236 g/mol. The predicted octanol–water partition coefficient (Wildman–Crippen LogP) is 2.81. The molecular formula is C13H20N2O2. The van der Waals surface area contributed by atoms with Crippen LogP contribution in [0.2, 0.25) is 0 Å². The second-order valence-corrected chi connectivity index (χ2v) is 4.97. The number of oxazole rings is 1. The number of rotatable bonds is 3. The Morgan fingerprint density at radius 1 is 1.53 bits per heavy atom. The summed E-state index contributed by atoms with van der Waals surface area (Å²) in [4.78, 5) is 17.9. The molecular weight excluding hydrogens is 216 g/mol. The fraction of sp³-hybridized carbons (Fsp3) is 0.692. The summed E-state index contributed by atoms with van der Waals surface area (Å²) in [6.45, 7) is 6.98. The molecule has 17 heavy (non-hydrogen) atoms. The van der Waals surface area contributed by atoms with E-state index in [1.54, 1.807) is 0 Å². The van der Waals surface area contributed by atoms with Gasteiger partial charge < -0.3 is 4.42 Å². The molecule has 2 heterocycles. The molecule has 0 N–H and O–H groups in total. The van der Waals surface area contributed by atoms with E-state index in [1.807, 2.05) is 0 Å². The van der Waals surface area contributed by atoms with Crippen molar-refractivity contribution in [2.24, 2.45) is 0 Å². The molecule has 1 aromatic heterocycles. The van der Waals surface area contributed by atoms with E-state index >= 15 is 0 Å². The molecule has 1 aromatic rings. The van der Waals surface area contributed by atoms with Crippen molar-refractivity contribution >= 4 is 5.78 Å². The van der Waals surface area contributed by atoms with Gasteiger partial charge in [-0.05, 0) is 33.2 Å². The first-order valence-electron chi connectivity index (χ1n) is 6.31. The van der Waals surface area contributed by atoms with Gasteiger partial charge in [-0.1, -0.05) is 6.42 Å². The zero-order valence-electron chi connectivity index (χ0n) is 10.8. The fourth-order valence-electron chi connectivity index (χ4n) is 2.44. The van der Waals surface area contributed by atoms with Crippen LogP contribution in [-0.4, -0.2) is 28.3 Å². The van der Waals surface area contributed by atoms with Crippen LogP contribution in [0.15, 0.2) is 10.7 Å². The quantitative estimate of drug-likeness (QED) is 0.757. The van der Waals surface area contributed by atoms with E-state index in [-0.39, 0.29) is 11.8 Å². The van der Waals surface area contributed by atoms with Gasteiger partial charge in [0.25, 0.3) is 0 Å². The van der Waals surface area contributed by atoms with E-state index in [0.717, 1.165) is 13.0 Å². The normalized spacial score (nSPS) is 22.0. The minimum absolute atomic E-state index is 0.0353. The zero-order chi connectivity index (χ0) is 12.4. The van der Waals surface area contributed by atoms with Gasteiger partial charge in [-0.2, -0.15) is 0 Å². The van der Waals surface area contributed by atoms with Crippen LogP contribution in [0.25, 0.3) is 0 Å². The molecule has 0 amide bonds. The van der Waals surface area contributed by atoms with Crippen molar-refractivity contribution in [3.8, 4) is 0 Å². The molecule has 94 valence electrons. The Morgan fingerprint density at radius 3 is 2.88 bits per heavy atom. The molecule has 0 aromatic carbocycles. The lowest BCUT2D eigenvalue weighted by Gasteiger charge is -2.36. The molecule has 1 aliphatic rings. The topological polar surface area (TPSA) is 46.3 Å². The molecule has 1 atom stereocenters. The van der Waals surface area contributed by atoms with Gasteiger partial charge in [0.1, 0.15) is 12.0 Å². The van der Waals surface area contributed by atoms with Crippen LogP contribution < -0.4 is 0 Å². The number of piperidine rings is 1. The Hall–Kier alpha value is -1.16. The minimum Gasteiger partial charge on any atom is -0.446 e. The third kappa shape index (κ3) is 2.57. The van der Waals surface area contributed by atoms with E-state index in [2.05, 4.69) is 23.7 Å². The average molecular weight is 236 g/mol. The number of hydrogen-bond donors (Lipinski definition) is 0. The maximum atomic E-state index is 11.2. The van der Waals surface area contributed by atoms with Crippen LogP contribution in [0.4, 0.5) is 0 Å². The maximum absolute atomic E-state index is 11.2. The van der Waals surface area contributed by atoms with Gasteiger partial charge in [-0.3, -0.25) is 9.69 Å². The van der Waals surface area contributed by atoms with E-state index < -0.39 is 0 Å². The number of ketones is 1. The van der Waals surface area contributed by atoms with Crippen molar-refractivity contribution in [2.75, 3.05) is 6.54 Å². The molecule has 0 bridgehead atoms. The van der Waals surface area contributed by atoms with Crippen molar-refractivity contribution in [1.82, 2.24) is 9.88 Å². The number of carbonyl (C=O) groups excluding carboxylic acids is 1. The van der Waals surface area contributed by atoms with Crippen molar-refractivity contribution < 1.29 is 9.21 Å². The zero-order valence-corrected chi connectivity index (χ0v) is 10.8. The average Bonchev–Trinajstić information content (AvgIpc) is 2.78. The molecule has 4 nitrogen and oxygen atoms in total. The van der Waals surface area contributed by atoms with Crippen LogP contribution in [0.3, 0.4) is 0 Å². The number of nitrogens with zero attached hydrogens (tertiary/aromatic N) is 2. The lowest BCUT2D eigenvalue weighted by atomic mass is 10.0. The molecule has 0 radical (unpaired) electrons. The smallest absolute Gasteiger partial charge is 0.212 e. The third-order valence-corrected chi connectivity index (χ3v) is 3.38. The third-order valence-electron chi connectivity index (χ3n) is 3.38. The van der Waals surface area contributed by atoms with Gasteiger partial charge in [0, 0.05) is 13.0 Å². The van der Waals surface area contributed by atoms with Gasteiger partial charge in [0.05, 0.1) is 6.04 Å². The summed E-state index contributed by atoms with van der Waals surface area (Å²) in [6, 6.07) is 0.713. The summed E-state index contributed by atoms with van der Waals surface area (Å²) in [7, 11) is 0. The number of aromatic nitrogens is 1. The molecule has 1 unspecified atom stereocenters. The van der Waals surface area contributed by atoms with Crippen LogP contribution in [0.5, 0.6) is 0 Å². The Labute approximate surface area is 102 Å². The molecule has 1 aliphatic heterocycles. The molecule has 0 aliphatic carbocycles. The first-order valence-corrected chi connectivity index (χ1v) is 6.31. The number of carbonyl (C=O) groups is 1. The number of hydrogen-bond acceptors (Lipinski definition) is 4. The van der Waals surface area contributed by atoms with Crippen molar-refractivity contribution in [3.63, 3.8) is 0 Å². The van der Waals surface area contributed by atoms with Crippen LogP contribution >= 0.6 is 0 Å². The van der Waals surface area contributed by atoms with Gasteiger partial charge in [0.2, 0.25) is 5.89 Å². The largest absolute Gasteiger partial charge is 0.446 e. The van der Waals surface area contributed by atoms with E-state index in [1.165, 1.54) is 26.0 Å². The SMILES string of the molecule is CC(=O)c1coc(C2CCCCN2C(C)C)n1. The van der Waals surface area contributed by atoms with E-state index in [9.17, 15) is 4.79 Å². The Bertz CT molecular complexity index is 398. The van der Waals surface area contributed by atoms with Crippen LogP contribution in [0.1, 0.15) is 62.5 Å². The van der Waals surface area contributed by atoms with Gasteiger partial charge in [0.15, 0.2) is 5.78 Å². The second-order valence-electron chi connectivity index (χ2n) is 4.97. The summed E-state index contributed by atoms with van der Waals surface area (Å²) >= 11 is 0. The standard InChI is InChI=1S/C13H20N2O2/c1-9(2)15-7-5-4-6-12(15)13-14-11(8-17-13)10(3)16/h8-9,12H,4-7H2,1-3H3. The Morgan fingerprint density at radius 2 is 2.29 bits per heavy atom. The summed E-state index contributed by atoms with van der Waals surface area (Å²) in [5, 5.41) is 0. The van der Waals surface area contributed by atoms with Crippen molar-refractivity contribution in [1.29, 1.82) is 0 Å². The molecule has 2 rings (SSSR count). The molecule has 4 heteroatoms. The Balaban J connectivity index is 2.20. The van der Waals surface area contributed by atoms with Gasteiger partial charge >= 0.3 is 0 Å². The summed E-state index contributed by atoms with van der Waals surface area (Å²) in [5.74, 6) is 0.663. The molecule has 0 spiro atoms. The highest BCUT2D eigenvalue weighted by molar-refractivity contribution is 5.91. The van der Waals surface area contributed by atoms with Crippen LogP contribution in [-0.2, 0) is 0 Å². The fourth-order valence-corrected chi connectivity index (χ4v) is 2.44. The molecule has 0 saturated carbocycles.